The average Bonchev–Trinajstić information content (AvgIpc) is 2.06. The number of carbonyl (C=O) groups is 1. The molecule has 1 N–H and O–H groups in total. The number of aromatic carboxylic acids is 1. The summed E-state index contributed by atoms with van der Waals surface area (Å²) in [5.41, 5.74) is 0.978. The maximum absolute atomic E-state index is 10.4. The van der Waals surface area contributed by atoms with Crippen molar-refractivity contribution >= 4 is 12.0 Å². The van der Waals surface area contributed by atoms with Crippen molar-refractivity contribution in [3.8, 4) is 0 Å². The van der Waals surface area contributed by atoms with Gasteiger partial charge in [-0.25, -0.2) is 4.79 Å². The highest BCUT2D eigenvalue weighted by atomic mass is 16.4. The van der Waals surface area contributed by atoms with Crippen LogP contribution in [0.25, 0.3) is 6.08 Å². The number of aromatic nitrogens is 1. The predicted molar refractivity (Wildman–Crippen MR) is 45.9 cm³/mol. The van der Waals surface area contributed by atoms with Gasteiger partial charge in [0.1, 0.15) is 0 Å². The summed E-state index contributed by atoms with van der Waals surface area (Å²) in [6.07, 6.45) is 5.01. The van der Waals surface area contributed by atoms with Gasteiger partial charge in [0, 0.05) is 6.20 Å². The number of carboxylic acids is 1. The van der Waals surface area contributed by atoms with Crippen LogP contribution in [0.5, 0.6) is 0 Å². The Morgan fingerprint density at radius 1 is 1.58 bits per heavy atom. The summed E-state index contributed by atoms with van der Waals surface area (Å²) in [5.74, 6) is -0.950. The molecule has 0 fully saturated rings. The Kier molecular flexibility index (Phi) is 2.58. The monoisotopic (exact) mass is 163 g/mol. The predicted octanol–water partition coefficient (Wildman–Crippen LogP) is 1.81. The third-order valence-electron chi connectivity index (χ3n) is 1.37. The molecule has 1 aromatic heterocycles. The number of rotatable bonds is 2. The van der Waals surface area contributed by atoms with Gasteiger partial charge in [-0.1, -0.05) is 6.08 Å². The fourth-order valence-corrected chi connectivity index (χ4v) is 0.801. The van der Waals surface area contributed by atoms with Crippen LogP contribution in [0.2, 0.25) is 0 Å². The number of nitrogens with zero attached hydrogens (tertiary/aromatic N) is 1. The molecule has 0 amide bonds. The van der Waals surface area contributed by atoms with Gasteiger partial charge in [0.25, 0.3) is 0 Å². The Balaban J connectivity index is 2.93. The van der Waals surface area contributed by atoms with Crippen molar-refractivity contribution in [2.24, 2.45) is 0 Å². The Bertz CT molecular complexity index is 301. The van der Waals surface area contributed by atoms with Gasteiger partial charge in [-0.15, -0.1) is 0 Å². The number of allylic oxidation sites excluding steroid dienone is 1. The molecule has 0 aliphatic rings. The Hall–Kier alpha value is -1.64. The summed E-state index contributed by atoms with van der Waals surface area (Å²) >= 11 is 0. The summed E-state index contributed by atoms with van der Waals surface area (Å²) in [6.45, 7) is 1.88. The van der Waals surface area contributed by atoms with E-state index >= 15 is 0 Å². The molecule has 0 bridgehead atoms. The quantitative estimate of drug-likeness (QED) is 0.723. The second kappa shape index (κ2) is 3.67. The van der Waals surface area contributed by atoms with Crippen LogP contribution in [0, 0.1) is 0 Å². The van der Waals surface area contributed by atoms with Gasteiger partial charge in [-0.2, -0.15) is 0 Å². The minimum Gasteiger partial charge on any atom is -0.478 e. The standard InChI is InChI=1S/C9H9NO2/c1-2-3-8-5-4-7(6-10-8)9(11)12/h2-6H,1H3,(H,11,12)/b3-2+. The van der Waals surface area contributed by atoms with Crippen LogP contribution in [-0.4, -0.2) is 16.1 Å². The molecule has 1 aromatic rings. The molecule has 0 aliphatic heterocycles. The molecule has 0 saturated heterocycles. The fraction of sp³-hybridized carbons (Fsp3) is 0.111. The first-order chi connectivity index (χ1) is 5.74. The van der Waals surface area contributed by atoms with Crippen molar-refractivity contribution in [3.63, 3.8) is 0 Å². The lowest BCUT2D eigenvalue weighted by Crippen LogP contribution is -1.96. The van der Waals surface area contributed by atoms with Gasteiger partial charge in [0.15, 0.2) is 0 Å². The summed E-state index contributed by atoms with van der Waals surface area (Å²) in [7, 11) is 0. The molecule has 62 valence electrons. The van der Waals surface area contributed by atoms with Crippen molar-refractivity contribution in [2.45, 2.75) is 6.92 Å². The first kappa shape index (κ1) is 8.46. The van der Waals surface area contributed by atoms with Gasteiger partial charge in [0.05, 0.1) is 11.3 Å². The topological polar surface area (TPSA) is 50.2 Å². The normalized spacial score (nSPS) is 10.4. The number of hydrogen-bond donors (Lipinski definition) is 1. The van der Waals surface area contributed by atoms with Crippen LogP contribution in [0.15, 0.2) is 24.4 Å². The minimum atomic E-state index is -0.950. The van der Waals surface area contributed by atoms with Gasteiger partial charge >= 0.3 is 5.97 Å². The molecule has 1 rings (SSSR count). The first-order valence-corrected chi connectivity index (χ1v) is 3.56. The van der Waals surface area contributed by atoms with E-state index in [1.54, 1.807) is 6.07 Å². The van der Waals surface area contributed by atoms with E-state index in [1.165, 1.54) is 12.3 Å². The van der Waals surface area contributed by atoms with Gasteiger partial charge in [-0.05, 0) is 25.1 Å². The number of pyridine rings is 1. The highest BCUT2D eigenvalue weighted by molar-refractivity contribution is 5.87. The molecule has 1 heterocycles. The SMILES string of the molecule is C/C=C/c1ccc(C(=O)O)cn1. The first-order valence-electron chi connectivity index (χ1n) is 3.56. The van der Waals surface area contributed by atoms with Crippen molar-refractivity contribution < 1.29 is 9.90 Å². The van der Waals surface area contributed by atoms with E-state index in [1.807, 2.05) is 19.1 Å². The molecule has 12 heavy (non-hydrogen) atoms. The smallest absolute Gasteiger partial charge is 0.337 e. The molecule has 0 aromatic carbocycles. The molecule has 3 nitrogen and oxygen atoms in total. The number of carboxylic acid groups (broad SMARTS) is 1. The molecule has 0 atom stereocenters. The van der Waals surface area contributed by atoms with E-state index in [2.05, 4.69) is 4.98 Å². The highest BCUT2D eigenvalue weighted by Crippen LogP contribution is 2.01. The van der Waals surface area contributed by atoms with Crippen molar-refractivity contribution in [3.05, 3.63) is 35.7 Å². The van der Waals surface area contributed by atoms with Crippen molar-refractivity contribution in [1.29, 1.82) is 0 Å². The van der Waals surface area contributed by atoms with E-state index in [0.717, 1.165) is 5.69 Å². The van der Waals surface area contributed by atoms with Crippen LogP contribution in [0.3, 0.4) is 0 Å². The Morgan fingerprint density at radius 3 is 2.75 bits per heavy atom. The molecule has 3 heteroatoms. The maximum atomic E-state index is 10.4. The zero-order valence-corrected chi connectivity index (χ0v) is 6.69. The van der Waals surface area contributed by atoms with E-state index in [4.69, 9.17) is 5.11 Å². The molecule has 0 spiro atoms. The fourth-order valence-electron chi connectivity index (χ4n) is 0.801. The number of hydrogen-bond acceptors (Lipinski definition) is 2. The van der Waals surface area contributed by atoms with E-state index in [-0.39, 0.29) is 5.56 Å². The lowest BCUT2D eigenvalue weighted by atomic mass is 10.2. The zero-order chi connectivity index (χ0) is 8.97. The van der Waals surface area contributed by atoms with Crippen LogP contribution in [-0.2, 0) is 0 Å². The molecule has 0 aliphatic carbocycles. The molecular formula is C9H9NO2. The lowest BCUT2D eigenvalue weighted by molar-refractivity contribution is 0.0696. The average molecular weight is 163 g/mol. The van der Waals surface area contributed by atoms with Crippen LogP contribution in [0.4, 0.5) is 0 Å². The van der Waals surface area contributed by atoms with Gasteiger partial charge in [0.2, 0.25) is 0 Å². The summed E-state index contributed by atoms with van der Waals surface area (Å²) < 4.78 is 0. The Labute approximate surface area is 70.4 Å². The van der Waals surface area contributed by atoms with Crippen LogP contribution < -0.4 is 0 Å². The van der Waals surface area contributed by atoms with E-state index in [0.29, 0.717) is 0 Å². The summed E-state index contributed by atoms with van der Waals surface area (Å²) in [5, 5.41) is 8.55. The molecule has 0 unspecified atom stereocenters. The molecule has 0 saturated carbocycles. The van der Waals surface area contributed by atoms with E-state index in [9.17, 15) is 4.79 Å². The van der Waals surface area contributed by atoms with Crippen molar-refractivity contribution in [1.82, 2.24) is 4.98 Å². The van der Waals surface area contributed by atoms with Gasteiger partial charge < -0.3 is 5.11 Å². The third kappa shape index (κ3) is 1.92. The Morgan fingerprint density at radius 2 is 2.33 bits per heavy atom. The van der Waals surface area contributed by atoms with Crippen LogP contribution in [0.1, 0.15) is 23.0 Å². The lowest BCUT2D eigenvalue weighted by Gasteiger charge is -1.93. The minimum absolute atomic E-state index is 0.211. The van der Waals surface area contributed by atoms with Crippen molar-refractivity contribution in [2.75, 3.05) is 0 Å². The highest BCUT2D eigenvalue weighted by Gasteiger charge is 2.00. The second-order valence-electron chi connectivity index (χ2n) is 2.28. The maximum Gasteiger partial charge on any atom is 0.337 e. The van der Waals surface area contributed by atoms with Crippen LogP contribution >= 0.6 is 0 Å². The largest absolute Gasteiger partial charge is 0.478 e. The summed E-state index contributed by atoms with van der Waals surface area (Å²) in [6, 6.07) is 3.20. The third-order valence-corrected chi connectivity index (χ3v) is 1.37. The second-order valence-corrected chi connectivity index (χ2v) is 2.28. The molecule has 0 radical (unpaired) electrons. The summed E-state index contributed by atoms with van der Waals surface area (Å²) in [4.78, 5) is 14.3. The van der Waals surface area contributed by atoms with E-state index < -0.39 is 5.97 Å². The van der Waals surface area contributed by atoms with Gasteiger partial charge in [-0.3, -0.25) is 4.98 Å². The molecular weight excluding hydrogens is 154 g/mol. The zero-order valence-electron chi connectivity index (χ0n) is 6.69.